The minimum Gasteiger partial charge on any atom is -0.345 e. The predicted molar refractivity (Wildman–Crippen MR) is 97.6 cm³/mol. The van der Waals surface area contributed by atoms with E-state index in [1.807, 2.05) is 49.6 Å². The van der Waals surface area contributed by atoms with Gasteiger partial charge in [-0.25, -0.2) is 9.97 Å². The fraction of sp³-hybridized carbons (Fsp3) is 0.222. The normalized spacial score (nSPS) is 11.9. The number of nitrogens with zero attached hydrogens (tertiary/aromatic N) is 2. The average molecular weight is 354 g/mol. The second kappa shape index (κ2) is 7.40. The van der Waals surface area contributed by atoms with Crippen molar-refractivity contribution in [1.29, 1.82) is 0 Å². The molecule has 3 aromatic rings. The summed E-state index contributed by atoms with van der Waals surface area (Å²) in [6.45, 7) is 3.86. The van der Waals surface area contributed by atoms with Gasteiger partial charge in [-0.15, -0.1) is 11.3 Å². The van der Waals surface area contributed by atoms with Gasteiger partial charge >= 0.3 is 0 Å². The van der Waals surface area contributed by atoms with E-state index >= 15 is 0 Å². The van der Waals surface area contributed by atoms with Crippen molar-refractivity contribution >= 4 is 17.2 Å². The maximum atomic E-state index is 12.5. The Hall–Kier alpha value is -2.80. The van der Waals surface area contributed by atoms with Crippen molar-refractivity contribution in [3.05, 3.63) is 68.4 Å². The van der Waals surface area contributed by atoms with Crippen molar-refractivity contribution < 1.29 is 4.79 Å². The molecule has 0 saturated carbocycles. The third-order valence-electron chi connectivity index (χ3n) is 3.82. The molecule has 3 rings (SSSR count). The van der Waals surface area contributed by atoms with Crippen LogP contribution in [0.2, 0.25) is 0 Å². The molecule has 6 nitrogen and oxygen atoms in total. The number of carbonyl (C=O) groups is 1. The molecular formula is C18H18N4O2S. The highest BCUT2D eigenvalue weighted by Crippen LogP contribution is 2.18. The van der Waals surface area contributed by atoms with Gasteiger partial charge in [-0.2, -0.15) is 0 Å². The van der Waals surface area contributed by atoms with Gasteiger partial charge in [-0.1, -0.05) is 37.3 Å². The summed E-state index contributed by atoms with van der Waals surface area (Å²) in [6.07, 6.45) is 2.02. The monoisotopic (exact) mass is 354 g/mol. The highest BCUT2D eigenvalue weighted by Gasteiger charge is 2.17. The molecule has 1 amide bonds. The van der Waals surface area contributed by atoms with Crippen LogP contribution in [-0.2, 0) is 0 Å². The first-order valence-electron chi connectivity index (χ1n) is 7.96. The topological polar surface area (TPSA) is 87.7 Å². The third kappa shape index (κ3) is 3.83. The zero-order valence-corrected chi connectivity index (χ0v) is 14.8. The van der Waals surface area contributed by atoms with Crippen molar-refractivity contribution in [2.45, 2.75) is 26.3 Å². The molecule has 0 aliphatic carbocycles. The summed E-state index contributed by atoms with van der Waals surface area (Å²) in [4.78, 5) is 35.9. The van der Waals surface area contributed by atoms with Gasteiger partial charge < -0.3 is 10.3 Å². The number of aromatic amines is 1. The Morgan fingerprint density at radius 3 is 2.68 bits per heavy atom. The van der Waals surface area contributed by atoms with Crippen molar-refractivity contribution in [1.82, 2.24) is 20.3 Å². The molecule has 1 atom stereocenters. The number of H-pyrrole nitrogens is 1. The van der Waals surface area contributed by atoms with E-state index in [0.717, 1.165) is 17.0 Å². The third-order valence-corrected chi connectivity index (χ3v) is 4.59. The summed E-state index contributed by atoms with van der Waals surface area (Å²) in [5, 5.41) is 5.59. The summed E-state index contributed by atoms with van der Waals surface area (Å²) in [6, 6.07) is 9.50. The lowest BCUT2D eigenvalue weighted by atomic mass is 10.0. The molecule has 128 valence electrons. The molecule has 7 heteroatoms. The van der Waals surface area contributed by atoms with Gasteiger partial charge in [0, 0.05) is 11.6 Å². The number of rotatable bonds is 5. The van der Waals surface area contributed by atoms with E-state index in [0.29, 0.717) is 11.5 Å². The zero-order chi connectivity index (χ0) is 17.8. The molecular weight excluding hydrogens is 336 g/mol. The maximum Gasteiger partial charge on any atom is 0.264 e. The van der Waals surface area contributed by atoms with Crippen LogP contribution >= 0.6 is 11.3 Å². The minimum absolute atomic E-state index is 0.00918. The smallest absolute Gasteiger partial charge is 0.264 e. The molecule has 0 bridgehead atoms. The number of amides is 1. The maximum absolute atomic E-state index is 12.5. The molecule has 0 spiro atoms. The van der Waals surface area contributed by atoms with Gasteiger partial charge in [0.2, 0.25) is 0 Å². The molecule has 0 saturated heterocycles. The number of aromatic nitrogens is 3. The summed E-state index contributed by atoms with van der Waals surface area (Å²) < 4.78 is 0. The molecule has 0 unspecified atom stereocenters. The summed E-state index contributed by atoms with van der Waals surface area (Å²) in [5.74, 6) is -0.0773. The van der Waals surface area contributed by atoms with Crippen molar-refractivity contribution in [3.63, 3.8) is 0 Å². The Balaban J connectivity index is 1.81. The molecule has 0 fully saturated rings. The van der Waals surface area contributed by atoms with Crippen LogP contribution in [0.25, 0.3) is 11.5 Å². The Kier molecular flexibility index (Phi) is 5.04. The first kappa shape index (κ1) is 17.0. The molecule has 25 heavy (non-hydrogen) atoms. The van der Waals surface area contributed by atoms with Crippen LogP contribution < -0.4 is 10.9 Å². The Labute approximate surface area is 149 Å². The summed E-state index contributed by atoms with van der Waals surface area (Å²) >= 11 is 1.47. The van der Waals surface area contributed by atoms with E-state index in [1.54, 1.807) is 0 Å². The molecule has 2 aromatic heterocycles. The number of thiazole rings is 1. The van der Waals surface area contributed by atoms with Gasteiger partial charge in [-0.3, -0.25) is 9.59 Å². The second-order valence-electron chi connectivity index (χ2n) is 5.57. The number of hydrogen-bond donors (Lipinski definition) is 2. The highest BCUT2D eigenvalue weighted by molar-refractivity contribution is 7.09. The second-order valence-corrected chi connectivity index (χ2v) is 6.63. The van der Waals surface area contributed by atoms with Crippen molar-refractivity contribution in [3.8, 4) is 11.5 Å². The standard InChI is InChI=1S/C18H18N4O2S/c1-3-14(12-7-5-4-6-8-12)21-17(23)13-9-19-16(22-18(13)24)15-10-25-11(2)20-15/h4-10,14H,3H2,1-2H3,(H,21,23)(H,19,22,24)/t14-/m0/s1. The molecule has 0 radical (unpaired) electrons. The molecule has 2 heterocycles. The average Bonchev–Trinajstić information content (AvgIpc) is 3.06. The Bertz CT molecular complexity index is 934. The van der Waals surface area contributed by atoms with Crippen LogP contribution in [0, 0.1) is 6.92 Å². The fourth-order valence-corrected chi connectivity index (χ4v) is 3.10. The lowest BCUT2D eigenvalue weighted by Gasteiger charge is -2.17. The van der Waals surface area contributed by atoms with Crippen LogP contribution in [0.1, 0.15) is 40.3 Å². The molecule has 0 aliphatic heterocycles. The van der Waals surface area contributed by atoms with Crippen molar-refractivity contribution in [2.24, 2.45) is 0 Å². The number of aryl methyl sites for hydroxylation is 1. The van der Waals surface area contributed by atoms with Crippen LogP contribution in [0.3, 0.4) is 0 Å². The van der Waals surface area contributed by atoms with Crippen LogP contribution in [-0.4, -0.2) is 20.9 Å². The summed E-state index contributed by atoms with van der Waals surface area (Å²) in [5.41, 5.74) is 1.11. The fourth-order valence-electron chi connectivity index (χ4n) is 2.50. The number of carbonyl (C=O) groups excluding carboxylic acids is 1. The largest absolute Gasteiger partial charge is 0.345 e. The lowest BCUT2D eigenvalue weighted by Crippen LogP contribution is -2.33. The van der Waals surface area contributed by atoms with Gasteiger partial charge in [0.15, 0.2) is 5.82 Å². The van der Waals surface area contributed by atoms with Gasteiger partial charge in [0.1, 0.15) is 11.3 Å². The number of benzene rings is 1. The van der Waals surface area contributed by atoms with Crippen molar-refractivity contribution in [2.75, 3.05) is 0 Å². The zero-order valence-electron chi connectivity index (χ0n) is 13.9. The quantitative estimate of drug-likeness (QED) is 0.737. The van der Waals surface area contributed by atoms with E-state index < -0.39 is 11.5 Å². The van der Waals surface area contributed by atoms with Crippen LogP contribution in [0.5, 0.6) is 0 Å². The van der Waals surface area contributed by atoms with Crippen LogP contribution in [0.15, 0.2) is 46.7 Å². The highest BCUT2D eigenvalue weighted by atomic mass is 32.1. The number of nitrogens with one attached hydrogen (secondary N) is 2. The Morgan fingerprint density at radius 2 is 2.08 bits per heavy atom. The van der Waals surface area contributed by atoms with E-state index in [4.69, 9.17) is 0 Å². The molecule has 2 N–H and O–H groups in total. The van der Waals surface area contributed by atoms with Gasteiger partial charge in [-0.05, 0) is 18.9 Å². The van der Waals surface area contributed by atoms with Gasteiger partial charge in [0.05, 0.1) is 11.0 Å². The molecule has 0 aliphatic rings. The lowest BCUT2D eigenvalue weighted by molar-refractivity contribution is 0.0933. The van der Waals surface area contributed by atoms with Crippen LogP contribution in [0.4, 0.5) is 0 Å². The first-order chi connectivity index (χ1) is 12.1. The van der Waals surface area contributed by atoms with E-state index in [9.17, 15) is 9.59 Å². The summed E-state index contributed by atoms with van der Waals surface area (Å²) in [7, 11) is 0. The van der Waals surface area contributed by atoms with E-state index in [2.05, 4.69) is 20.3 Å². The number of hydrogen-bond acceptors (Lipinski definition) is 5. The van der Waals surface area contributed by atoms with E-state index in [1.165, 1.54) is 17.5 Å². The molecule has 1 aromatic carbocycles. The minimum atomic E-state index is -0.476. The van der Waals surface area contributed by atoms with Gasteiger partial charge in [0.25, 0.3) is 11.5 Å². The predicted octanol–water partition coefficient (Wildman–Crippen LogP) is 3.08. The first-order valence-corrected chi connectivity index (χ1v) is 8.84. The SMILES string of the molecule is CC[C@H](NC(=O)c1cnc(-c2csc(C)n2)[nH]c1=O)c1ccccc1. The van der Waals surface area contributed by atoms with E-state index in [-0.39, 0.29) is 11.6 Å². The Morgan fingerprint density at radius 1 is 1.32 bits per heavy atom.